The number of hydrogen-bond donors (Lipinski definition) is 1. The van der Waals surface area contributed by atoms with Crippen LogP contribution in [0.25, 0.3) is 0 Å². The van der Waals surface area contributed by atoms with Gasteiger partial charge in [-0.3, -0.25) is 4.79 Å². The van der Waals surface area contributed by atoms with E-state index in [9.17, 15) is 13.2 Å². The van der Waals surface area contributed by atoms with Crippen LogP contribution in [0.2, 0.25) is 0 Å². The third kappa shape index (κ3) is 4.62. The summed E-state index contributed by atoms with van der Waals surface area (Å²) in [5.74, 6) is 0.341. The van der Waals surface area contributed by atoms with Crippen LogP contribution in [0.5, 0.6) is 5.75 Å². The molecule has 2 aliphatic rings. The first-order chi connectivity index (χ1) is 14.7. The minimum Gasteiger partial charge on any atom is -0.487 e. The van der Waals surface area contributed by atoms with Gasteiger partial charge in [-0.2, -0.15) is 4.31 Å². The van der Waals surface area contributed by atoms with Crippen molar-refractivity contribution in [3.05, 3.63) is 59.7 Å². The lowest BCUT2D eigenvalue weighted by Gasteiger charge is -2.39. The zero-order valence-corrected chi connectivity index (χ0v) is 19.1. The molecule has 0 saturated carbocycles. The highest BCUT2D eigenvalue weighted by Crippen LogP contribution is 2.40. The summed E-state index contributed by atoms with van der Waals surface area (Å²) in [4.78, 5) is 13.5. The van der Waals surface area contributed by atoms with Crippen molar-refractivity contribution >= 4 is 15.9 Å². The van der Waals surface area contributed by atoms with E-state index in [2.05, 4.69) is 5.32 Å². The summed E-state index contributed by atoms with van der Waals surface area (Å²) in [6.07, 6.45) is 2.01. The van der Waals surface area contributed by atoms with E-state index in [0.29, 0.717) is 25.8 Å². The minimum atomic E-state index is -3.60. The molecule has 2 aromatic carbocycles. The van der Waals surface area contributed by atoms with Crippen LogP contribution in [0.15, 0.2) is 53.4 Å². The van der Waals surface area contributed by atoms with E-state index in [4.69, 9.17) is 4.74 Å². The SMILES string of the molecule is Cc1ccc2c(c1)OC(C)(C)C[C@H]2NC(=O)[C@H]1CCCN(S(=O)(=O)c2ccccc2)C1. The van der Waals surface area contributed by atoms with Crippen molar-refractivity contribution < 1.29 is 17.9 Å². The zero-order chi connectivity index (χ0) is 22.2. The first-order valence-corrected chi connectivity index (χ1v) is 12.2. The van der Waals surface area contributed by atoms with E-state index in [1.165, 1.54) is 4.31 Å². The molecular weight excluding hydrogens is 412 g/mol. The average molecular weight is 443 g/mol. The smallest absolute Gasteiger partial charge is 0.243 e. The van der Waals surface area contributed by atoms with Crippen LogP contribution in [-0.4, -0.2) is 37.3 Å². The van der Waals surface area contributed by atoms with Gasteiger partial charge in [0.15, 0.2) is 0 Å². The van der Waals surface area contributed by atoms with Gasteiger partial charge in [0, 0.05) is 25.1 Å². The molecule has 2 aromatic rings. The molecule has 31 heavy (non-hydrogen) atoms. The highest BCUT2D eigenvalue weighted by Gasteiger charge is 2.38. The molecule has 166 valence electrons. The molecule has 0 bridgehead atoms. The number of benzene rings is 2. The first kappa shape index (κ1) is 21.8. The first-order valence-electron chi connectivity index (χ1n) is 10.8. The van der Waals surface area contributed by atoms with E-state index in [0.717, 1.165) is 16.9 Å². The topological polar surface area (TPSA) is 75.7 Å². The van der Waals surface area contributed by atoms with Crippen LogP contribution in [0.4, 0.5) is 0 Å². The molecule has 1 amide bonds. The average Bonchev–Trinajstić information content (AvgIpc) is 2.73. The van der Waals surface area contributed by atoms with Crippen molar-refractivity contribution in [3.63, 3.8) is 0 Å². The lowest BCUT2D eigenvalue weighted by Crippen LogP contribution is -2.48. The molecule has 2 aliphatic heterocycles. The third-order valence-corrected chi connectivity index (χ3v) is 7.96. The summed E-state index contributed by atoms with van der Waals surface area (Å²) in [5.41, 5.74) is 1.69. The summed E-state index contributed by atoms with van der Waals surface area (Å²) in [7, 11) is -3.60. The number of piperidine rings is 1. The van der Waals surface area contributed by atoms with E-state index < -0.39 is 15.6 Å². The zero-order valence-electron chi connectivity index (χ0n) is 18.3. The summed E-state index contributed by atoms with van der Waals surface area (Å²) in [5, 5.41) is 3.19. The molecule has 4 rings (SSSR count). The molecule has 0 radical (unpaired) electrons. The fraction of sp³-hybridized carbons (Fsp3) is 0.458. The number of hydrogen-bond acceptors (Lipinski definition) is 4. The van der Waals surface area contributed by atoms with Gasteiger partial charge in [-0.05, 0) is 57.4 Å². The maximum Gasteiger partial charge on any atom is 0.243 e. The summed E-state index contributed by atoms with van der Waals surface area (Å²) in [6.45, 7) is 6.70. The van der Waals surface area contributed by atoms with Gasteiger partial charge in [0.25, 0.3) is 0 Å². The van der Waals surface area contributed by atoms with Gasteiger partial charge in [-0.25, -0.2) is 8.42 Å². The number of aryl methyl sites for hydroxylation is 1. The molecule has 2 heterocycles. The van der Waals surface area contributed by atoms with Crippen LogP contribution in [-0.2, 0) is 14.8 Å². The van der Waals surface area contributed by atoms with Crippen LogP contribution in [0, 0.1) is 12.8 Å². The van der Waals surface area contributed by atoms with Crippen LogP contribution >= 0.6 is 0 Å². The third-order valence-electron chi connectivity index (χ3n) is 6.08. The maximum absolute atomic E-state index is 13.2. The lowest BCUT2D eigenvalue weighted by molar-refractivity contribution is -0.127. The molecule has 7 heteroatoms. The Morgan fingerprint density at radius 2 is 1.90 bits per heavy atom. The fourth-order valence-electron chi connectivity index (χ4n) is 4.49. The molecular formula is C24H30N2O4S. The number of nitrogens with one attached hydrogen (secondary N) is 1. The largest absolute Gasteiger partial charge is 0.487 e. The van der Waals surface area contributed by atoms with Crippen LogP contribution < -0.4 is 10.1 Å². The predicted molar refractivity (Wildman–Crippen MR) is 119 cm³/mol. The van der Waals surface area contributed by atoms with Crippen LogP contribution in [0.1, 0.15) is 50.3 Å². The van der Waals surface area contributed by atoms with Gasteiger partial charge in [-0.1, -0.05) is 30.3 Å². The Labute approximate surface area is 184 Å². The Kier molecular flexibility index (Phi) is 5.83. The second kappa shape index (κ2) is 8.28. The second-order valence-electron chi connectivity index (χ2n) is 9.18. The number of carbonyl (C=O) groups excluding carboxylic acids is 1. The number of ether oxygens (including phenoxy) is 1. The quantitative estimate of drug-likeness (QED) is 0.781. The van der Waals surface area contributed by atoms with Gasteiger partial charge in [-0.15, -0.1) is 0 Å². The molecule has 0 aliphatic carbocycles. The van der Waals surface area contributed by atoms with Crippen LogP contribution in [0.3, 0.4) is 0 Å². The molecule has 0 spiro atoms. The standard InChI is InChI=1S/C24H30N2O4S/c1-17-11-12-20-21(15-24(2,3)30-22(20)14-17)25-23(27)18-8-7-13-26(16-18)31(28,29)19-9-5-4-6-10-19/h4-6,9-12,14,18,21H,7-8,13,15-16H2,1-3H3,(H,25,27)/t18-,21+/m0/s1. The second-order valence-corrected chi connectivity index (χ2v) is 11.1. The Hall–Kier alpha value is -2.38. The summed E-state index contributed by atoms with van der Waals surface area (Å²) >= 11 is 0. The molecule has 1 saturated heterocycles. The van der Waals surface area contributed by atoms with Gasteiger partial charge < -0.3 is 10.1 Å². The number of nitrogens with zero attached hydrogens (tertiary/aromatic N) is 1. The van der Waals surface area contributed by atoms with Crippen molar-refractivity contribution in [2.75, 3.05) is 13.1 Å². The Morgan fingerprint density at radius 1 is 1.16 bits per heavy atom. The minimum absolute atomic E-state index is 0.0952. The lowest BCUT2D eigenvalue weighted by atomic mass is 9.88. The van der Waals surface area contributed by atoms with Gasteiger partial charge in [0.05, 0.1) is 16.9 Å². The van der Waals surface area contributed by atoms with Crippen molar-refractivity contribution in [2.24, 2.45) is 5.92 Å². The number of carbonyl (C=O) groups is 1. The number of rotatable bonds is 4. The molecule has 2 atom stereocenters. The fourth-order valence-corrected chi connectivity index (χ4v) is 6.04. The van der Waals surface area contributed by atoms with Crippen molar-refractivity contribution in [1.29, 1.82) is 0 Å². The number of amides is 1. The van der Waals surface area contributed by atoms with Crippen molar-refractivity contribution in [3.8, 4) is 5.75 Å². The normalized spacial score (nSPS) is 23.5. The van der Waals surface area contributed by atoms with E-state index >= 15 is 0 Å². The van der Waals surface area contributed by atoms with Crippen molar-refractivity contribution in [2.45, 2.75) is 56.6 Å². The summed E-state index contributed by atoms with van der Waals surface area (Å²) in [6, 6.07) is 14.3. The van der Waals surface area contributed by atoms with Crippen molar-refractivity contribution in [1.82, 2.24) is 9.62 Å². The van der Waals surface area contributed by atoms with E-state index in [1.807, 2.05) is 39.0 Å². The maximum atomic E-state index is 13.2. The molecule has 1 N–H and O–H groups in total. The Bertz CT molecular complexity index is 1070. The van der Waals surface area contributed by atoms with Gasteiger partial charge in [0.1, 0.15) is 11.4 Å². The highest BCUT2D eigenvalue weighted by molar-refractivity contribution is 7.89. The number of fused-ring (bicyclic) bond motifs is 1. The molecule has 1 fully saturated rings. The van der Waals surface area contributed by atoms with Gasteiger partial charge in [0.2, 0.25) is 15.9 Å². The predicted octanol–water partition coefficient (Wildman–Crippen LogP) is 3.81. The summed E-state index contributed by atoms with van der Waals surface area (Å²) < 4.78 is 33.6. The monoisotopic (exact) mass is 442 g/mol. The van der Waals surface area contributed by atoms with E-state index in [1.54, 1.807) is 30.3 Å². The Balaban J connectivity index is 1.50. The molecule has 6 nitrogen and oxygen atoms in total. The molecule has 0 aromatic heterocycles. The molecule has 0 unspecified atom stereocenters. The van der Waals surface area contributed by atoms with E-state index in [-0.39, 0.29) is 29.3 Å². The van der Waals surface area contributed by atoms with Gasteiger partial charge >= 0.3 is 0 Å². The Morgan fingerprint density at radius 3 is 2.65 bits per heavy atom. The number of sulfonamides is 1. The highest BCUT2D eigenvalue weighted by atomic mass is 32.2.